The van der Waals surface area contributed by atoms with E-state index in [0.29, 0.717) is 12.1 Å². The Morgan fingerprint density at radius 2 is 2.04 bits per heavy atom. The maximum Gasteiger partial charge on any atom is 0.270 e. The first kappa shape index (κ1) is 18.5. The number of hydrogen-bond donors (Lipinski definition) is 2. The third-order valence-corrected chi connectivity index (χ3v) is 5.87. The van der Waals surface area contributed by atoms with Gasteiger partial charge in [0.15, 0.2) is 0 Å². The molecular weight excluding hydrogens is 354 g/mol. The number of carbonyl (C=O) groups is 1. The SMILES string of the molecule is COc1cccc(CCNS(=O)(=O)c2c[nH]c(C(=O)N3CCCC3)c2)c1. The summed E-state index contributed by atoms with van der Waals surface area (Å²) in [5, 5.41) is 0. The number of carbonyl (C=O) groups excluding carboxylic acids is 1. The first-order valence-corrected chi connectivity index (χ1v) is 10.1. The molecule has 3 rings (SSSR count). The zero-order chi connectivity index (χ0) is 18.6. The molecule has 140 valence electrons. The Morgan fingerprint density at radius 3 is 2.77 bits per heavy atom. The number of likely N-dealkylation sites (tertiary alicyclic amines) is 1. The van der Waals surface area contributed by atoms with Crippen molar-refractivity contribution < 1.29 is 17.9 Å². The Bertz CT molecular complexity index is 870. The van der Waals surface area contributed by atoms with Crippen LogP contribution in [0.5, 0.6) is 5.75 Å². The average Bonchev–Trinajstić information content (AvgIpc) is 3.33. The van der Waals surface area contributed by atoms with Crippen molar-refractivity contribution in [3.63, 3.8) is 0 Å². The lowest BCUT2D eigenvalue weighted by molar-refractivity contribution is 0.0787. The Morgan fingerprint density at radius 1 is 1.27 bits per heavy atom. The molecule has 7 nitrogen and oxygen atoms in total. The molecule has 26 heavy (non-hydrogen) atoms. The zero-order valence-electron chi connectivity index (χ0n) is 14.7. The summed E-state index contributed by atoms with van der Waals surface area (Å²) in [6.07, 6.45) is 3.88. The number of H-pyrrole nitrogens is 1. The molecule has 1 saturated heterocycles. The van der Waals surface area contributed by atoms with Crippen molar-refractivity contribution in [1.82, 2.24) is 14.6 Å². The van der Waals surface area contributed by atoms with Gasteiger partial charge in [-0.2, -0.15) is 0 Å². The molecule has 0 saturated carbocycles. The number of benzene rings is 1. The third kappa shape index (κ3) is 4.25. The summed E-state index contributed by atoms with van der Waals surface area (Å²) in [6.45, 7) is 1.70. The van der Waals surface area contributed by atoms with E-state index in [4.69, 9.17) is 4.74 Å². The molecule has 2 N–H and O–H groups in total. The molecule has 1 aromatic carbocycles. The first-order valence-electron chi connectivity index (χ1n) is 8.60. The zero-order valence-corrected chi connectivity index (χ0v) is 15.5. The molecular formula is C18H23N3O4S. The van der Waals surface area contributed by atoms with Crippen LogP contribution < -0.4 is 9.46 Å². The summed E-state index contributed by atoms with van der Waals surface area (Å²) in [7, 11) is -2.07. The predicted octanol–water partition coefficient (Wildman–Crippen LogP) is 1.78. The predicted molar refractivity (Wildman–Crippen MR) is 97.8 cm³/mol. The lowest BCUT2D eigenvalue weighted by Gasteiger charge is -2.13. The van der Waals surface area contributed by atoms with Crippen LogP contribution in [0.4, 0.5) is 0 Å². The summed E-state index contributed by atoms with van der Waals surface area (Å²) >= 11 is 0. The number of ether oxygens (including phenoxy) is 1. The number of rotatable bonds is 7. The summed E-state index contributed by atoms with van der Waals surface area (Å²) in [5.41, 5.74) is 1.28. The van der Waals surface area contributed by atoms with Crippen LogP contribution in [-0.4, -0.2) is 51.0 Å². The van der Waals surface area contributed by atoms with E-state index in [1.54, 1.807) is 12.0 Å². The van der Waals surface area contributed by atoms with E-state index in [0.717, 1.165) is 37.2 Å². The maximum absolute atomic E-state index is 12.4. The molecule has 2 aromatic rings. The van der Waals surface area contributed by atoms with Gasteiger partial charge in [-0.15, -0.1) is 0 Å². The molecule has 0 spiro atoms. The van der Waals surface area contributed by atoms with E-state index >= 15 is 0 Å². The minimum Gasteiger partial charge on any atom is -0.497 e. The first-order chi connectivity index (χ1) is 12.5. The van der Waals surface area contributed by atoms with E-state index < -0.39 is 10.0 Å². The normalized spacial score (nSPS) is 14.6. The van der Waals surface area contributed by atoms with Gasteiger partial charge in [-0.1, -0.05) is 12.1 Å². The number of hydrogen-bond acceptors (Lipinski definition) is 4. The smallest absolute Gasteiger partial charge is 0.270 e. The molecule has 1 fully saturated rings. The molecule has 1 amide bonds. The second-order valence-electron chi connectivity index (χ2n) is 6.25. The summed E-state index contributed by atoms with van der Waals surface area (Å²) < 4.78 is 32.6. The van der Waals surface area contributed by atoms with Gasteiger partial charge < -0.3 is 14.6 Å². The molecule has 1 aliphatic rings. The van der Waals surface area contributed by atoms with Gasteiger partial charge in [-0.05, 0) is 43.0 Å². The number of sulfonamides is 1. The molecule has 0 aliphatic carbocycles. The van der Waals surface area contributed by atoms with Crippen molar-refractivity contribution in [2.45, 2.75) is 24.2 Å². The second-order valence-corrected chi connectivity index (χ2v) is 8.01. The number of nitrogens with one attached hydrogen (secondary N) is 2. The van der Waals surface area contributed by atoms with Crippen LogP contribution in [0.3, 0.4) is 0 Å². The molecule has 0 atom stereocenters. The summed E-state index contributed by atoms with van der Waals surface area (Å²) in [5.74, 6) is 0.585. The lowest BCUT2D eigenvalue weighted by Crippen LogP contribution is -2.28. The molecule has 1 aromatic heterocycles. The van der Waals surface area contributed by atoms with Gasteiger partial charge in [0, 0.05) is 25.8 Å². The van der Waals surface area contributed by atoms with E-state index in [1.165, 1.54) is 12.3 Å². The summed E-state index contributed by atoms with van der Waals surface area (Å²) in [6, 6.07) is 8.89. The standard InChI is InChI=1S/C18H23N3O4S/c1-25-15-6-4-5-14(11-15)7-8-20-26(23,24)16-12-17(19-13-16)18(22)21-9-2-3-10-21/h4-6,11-13,19-20H,2-3,7-10H2,1H3. The lowest BCUT2D eigenvalue weighted by atomic mass is 10.1. The fraction of sp³-hybridized carbons (Fsp3) is 0.389. The topological polar surface area (TPSA) is 91.5 Å². The summed E-state index contributed by atoms with van der Waals surface area (Å²) in [4.78, 5) is 16.9. The number of aromatic amines is 1. The molecule has 0 unspecified atom stereocenters. The van der Waals surface area contributed by atoms with Crippen molar-refractivity contribution in [1.29, 1.82) is 0 Å². The Balaban J connectivity index is 1.60. The van der Waals surface area contributed by atoms with Crippen LogP contribution in [0.1, 0.15) is 28.9 Å². The average molecular weight is 377 g/mol. The Kier molecular flexibility index (Phi) is 5.63. The third-order valence-electron chi connectivity index (χ3n) is 4.43. The number of nitrogens with zero attached hydrogens (tertiary/aromatic N) is 1. The Hall–Kier alpha value is -2.32. The number of aromatic nitrogens is 1. The van der Waals surface area contributed by atoms with Crippen LogP contribution in [0.15, 0.2) is 41.4 Å². The molecule has 2 heterocycles. The van der Waals surface area contributed by atoms with Gasteiger partial charge in [0.2, 0.25) is 10.0 Å². The highest BCUT2D eigenvalue weighted by molar-refractivity contribution is 7.89. The maximum atomic E-state index is 12.4. The highest BCUT2D eigenvalue weighted by Gasteiger charge is 2.23. The van der Waals surface area contributed by atoms with Crippen molar-refractivity contribution in [3.8, 4) is 5.75 Å². The molecule has 0 radical (unpaired) electrons. The van der Waals surface area contributed by atoms with Crippen LogP contribution >= 0.6 is 0 Å². The van der Waals surface area contributed by atoms with E-state index in [-0.39, 0.29) is 17.3 Å². The minimum absolute atomic E-state index is 0.0747. The van der Waals surface area contributed by atoms with Crippen molar-refractivity contribution >= 4 is 15.9 Å². The number of methoxy groups -OCH3 is 1. The van der Waals surface area contributed by atoms with Gasteiger partial charge in [-0.3, -0.25) is 4.79 Å². The van der Waals surface area contributed by atoms with E-state index in [9.17, 15) is 13.2 Å². The highest BCUT2D eigenvalue weighted by Crippen LogP contribution is 2.16. The highest BCUT2D eigenvalue weighted by atomic mass is 32.2. The van der Waals surface area contributed by atoms with Crippen molar-refractivity contribution in [2.24, 2.45) is 0 Å². The van der Waals surface area contributed by atoms with Crippen LogP contribution in [0, 0.1) is 0 Å². The molecule has 8 heteroatoms. The fourth-order valence-electron chi connectivity index (χ4n) is 2.98. The van der Waals surface area contributed by atoms with Crippen molar-refractivity contribution in [3.05, 3.63) is 47.8 Å². The largest absolute Gasteiger partial charge is 0.497 e. The van der Waals surface area contributed by atoms with Gasteiger partial charge >= 0.3 is 0 Å². The van der Waals surface area contributed by atoms with Gasteiger partial charge in [0.1, 0.15) is 16.3 Å². The number of amides is 1. The molecule has 0 bridgehead atoms. The van der Waals surface area contributed by atoms with E-state index in [2.05, 4.69) is 9.71 Å². The molecule has 1 aliphatic heterocycles. The van der Waals surface area contributed by atoms with Crippen LogP contribution in [-0.2, 0) is 16.4 Å². The van der Waals surface area contributed by atoms with Crippen LogP contribution in [0.2, 0.25) is 0 Å². The van der Waals surface area contributed by atoms with Gasteiger partial charge in [0.05, 0.1) is 7.11 Å². The monoisotopic (exact) mass is 377 g/mol. The van der Waals surface area contributed by atoms with Crippen molar-refractivity contribution in [2.75, 3.05) is 26.7 Å². The fourth-order valence-corrected chi connectivity index (χ4v) is 4.01. The van der Waals surface area contributed by atoms with Gasteiger partial charge in [0.25, 0.3) is 5.91 Å². The second kappa shape index (κ2) is 7.92. The Labute approximate surface area is 153 Å². The van der Waals surface area contributed by atoms with Crippen LogP contribution in [0.25, 0.3) is 0 Å². The van der Waals surface area contributed by atoms with E-state index in [1.807, 2.05) is 24.3 Å². The minimum atomic E-state index is -3.67. The quantitative estimate of drug-likeness (QED) is 0.769. The van der Waals surface area contributed by atoms with Gasteiger partial charge in [-0.25, -0.2) is 13.1 Å².